The van der Waals surface area contributed by atoms with E-state index in [1.165, 1.54) is 44.9 Å². The molecule has 0 aromatic rings. The van der Waals surface area contributed by atoms with Crippen molar-refractivity contribution >= 4 is 0 Å². The molecule has 2 heterocycles. The Morgan fingerprint density at radius 1 is 1.05 bits per heavy atom. The van der Waals surface area contributed by atoms with E-state index >= 15 is 0 Å². The molecular formula is C15H27NO3. The second kappa shape index (κ2) is 6.53. The van der Waals surface area contributed by atoms with Gasteiger partial charge < -0.3 is 19.5 Å². The van der Waals surface area contributed by atoms with Crippen LogP contribution < -0.4 is 5.32 Å². The summed E-state index contributed by atoms with van der Waals surface area (Å²) in [6, 6.07) is 0. The van der Waals surface area contributed by atoms with Gasteiger partial charge >= 0.3 is 0 Å². The van der Waals surface area contributed by atoms with Crippen molar-refractivity contribution in [2.24, 2.45) is 0 Å². The van der Waals surface area contributed by atoms with Crippen LogP contribution in [0.3, 0.4) is 0 Å². The van der Waals surface area contributed by atoms with Crippen molar-refractivity contribution < 1.29 is 14.2 Å². The van der Waals surface area contributed by atoms with E-state index in [9.17, 15) is 0 Å². The van der Waals surface area contributed by atoms with Crippen molar-refractivity contribution in [3.05, 3.63) is 0 Å². The summed E-state index contributed by atoms with van der Waals surface area (Å²) in [5, 5.41) is 3.32. The summed E-state index contributed by atoms with van der Waals surface area (Å²) in [5.74, 6) is 0. The first-order chi connectivity index (χ1) is 9.36. The maximum absolute atomic E-state index is 6.30. The highest BCUT2D eigenvalue weighted by atomic mass is 16.6. The van der Waals surface area contributed by atoms with Crippen LogP contribution in [0.2, 0.25) is 0 Å². The SMILES string of the molecule is C1CCC2(CC1)CCC(COCC1CNCCO1)O2. The molecule has 1 aliphatic carbocycles. The second-order valence-electron chi connectivity index (χ2n) is 6.26. The third-order valence-electron chi connectivity index (χ3n) is 4.72. The summed E-state index contributed by atoms with van der Waals surface area (Å²) in [6.45, 7) is 4.11. The predicted octanol–water partition coefficient (Wildman–Crippen LogP) is 1.87. The zero-order valence-electron chi connectivity index (χ0n) is 11.9. The van der Waals surface area contributed by atoms with E-state index in [2.05, 4.69) is 5.32 Å². The van der Waals surface area contributed by atoms with Crippen molar-refractivity contribution in [1.82, 2.24) is 5.32 Å². The molecule has 110 valence electrons. The molecule has 3 rings (SSSR count). The van der Waals surface area contributed by atoms with Crippen LogP contribution in [0.5, 0.6) is 0 Å². The molecule has 19 heavy (non-hydrogen) atoms. The quantitative estimate of drug-likeness (QED) is 0.846. The average molecular weight is 269 g/mol. The first kappa shape index (κ1) is 13.8. The molecule has 2 unspecified atom stereocenters. The van der Waals surface area contributed by atoms with Gasteiger partial charge in [-0.25, -0.2) is 0 Å². The smallest absolute Gasteiger partial charge is 0.0933 e. The number of ether oxygens (including phenoxy) is 3. The van der Waals surface area contributed by atoms with Gasteiger partial charge in [0.05, 0.1) is 37.6 Å². The van der Waals surface area contributed by atoms with Crippen LogP contribution in [0.25, 0.3) is 0 Å². The van der Waals surface area contributed by atoms with Gasteiger partial charge in [-0.3, -0.25) is 0 Å². The molecule has 0 amide bonds. The van der Waals surface area contributed by atoms with Crippen molar-refractivity contribution in [2.75, 3.05) is 32.9 Å². The molecule has 4 nitrogen and oxygen atoms in total. The standard InChI is InChI=1S/C15H27NO3/c1-2-5-15(6-3-1)7-4-13(19-15)11-17-12-14-10-16-8-9-18-14/h13-14,16H,1-12H2. The lowest BCUT2D eigenvalue weighted by Crippen LogP contribution is -2.41. The minimum atomic E-state index is 0.217. The Hall–Kier alpha value is -0.160. The van der Waals surface area contributed by atoms with Gasteiger partial charge in [-0.15, -0.1) is 0 Å². The molecular weight excluding hydrogens is 242 g/mol. The molecule has 2 atom stereocenters. The lowest BCUT2D eigenvalue weighted by Gasteiger charge is -2.33. The van der Waals surface area contributed by atoms with E-state index in [1.54, 1.807) is 0 Å². The van der Waals surface area contributed by atoms with Crippen molar-refractivity contribution in [3.8, 4) is 0 Å². The van der Waals surface area contributed by atoms with Crippen LogP contribution in [0.1, 0.15) is 44.9 Å². The minimum Gasteiger partial charge on any atom is -0.376 e. The highest BCUT2D eigenvalue weighted by Gasteiger charge is 2.40. The highest BCUT2D eigenvalue weighted by molar-refractivity contribution is 4.91. The molecule has 0 radical (unpaired) electrons. The highest BCUT2D eigenvalue weighted by Crippen LogP contribution is 2.41. The largest absolute Gasteiger partial charge is 0.376 e. The van der Waals surface area contributed by atoms with E-state index in [-0.39, 0.29) is 11.7 Å². The number of hydrogen-bond donors (Lipinski definition) is 1. The first-order valence-corrected chi connectivity index (χ1v) is 7.94. The van der Waals surface area contributed by atoms with E-state index in [0.29, 0.717) is 12.7 Å². The van der Waals surface area contributed by atoms with Crippen molar-refractivity contribution in [2.45, 2.75) is 62.8 Å². The Morgan fingerprint density at radius 2 is 1.89 bits per heavy atom. The van der Waals surface area contributed by atoms with E-state index in [1.807, 2.05) is 0 Å². The number of morpholine rings is 1. The van der Waals surface area contributed by atoms with Crippen LogP contribution in [0.15, 0.2) is 0 Å². The normalized spacial score (nSPS) is 34.7. The Balaban J connectivity index is 1.35. The second-order valence-corrected chi connectivity index (χ2v) is 6.26. The zero-order chi connectivity index (χ0) is 13.0. The molecule has 1 N–H and O–H groups in total. The Labute approximate surface area is 116 Å². The lowest BCUT2D eigenvalue weighted by molar-refractivity contribution is -0.101. The first-order valence-electron chi connectivity index (χ1n) is 7.94. The van der Waals surface area contributed by atoms with Crippen molar-refractivity contribution in [3.63, 3.8) is 0 Å². The maximum Gasteiger partial charge on any atom is 0.0933 e. The van der Waals surface area contributed by atoms with Gasteiger partial charge in [-0.05, 0) is 25.7 Å². The molecule has 2 aliphatic heterocycles. The van der Waals surface area contributed by atoms with Gasteiger partial charge in [0.1, 0.15) is 0 Å². The molecule has 3 fully saturated rings. The third kappa shape index (κ3) is 3.69. The molecule has 2 saturated heterocycles. The van der Waals surface area contributed by atoms with Gasteiger partial charge in [0.25, 0.3) is 0 Å². The topological polar surface area (TPSA) is 39.7 Å². The summed E-state index contributed by atoms with van der Waals surface area (Å²) in [4.78, 5) is 0. The molecule has 0 bridgehead atoms. The fourth-order valence-electron chi connectivity index (χ4n) is 3.63. The molecule has 0 aromatic heterocycles. The van der Waals surface area contributed by atoms with Crippen molar-refractivity contribution in [1.29, 1.82) is 0 Å². The molecule has 4 heteroatoms. The van der Waals surface area contributed by atoms with E-state index < -0.39 is 0 Å². The molecule has 3 aliphatic rings. The van der Waals surface area contributed by atoms with Gasteiger partial charge in [-0.1, -0.05) is 19.3 Å². The monoisotopic (exact) mass is 269 g/mol. The Morgan fingerprint density at radius 3 is 2.68 bits per heavy atom. The maximum atomic E-state index is 6.30. The van der Waals surface area contributed by atoms with E-state index in [0.717, 1.165) is 26.3 Å². The molecule has 1 spiro atoms. The summed E-state index contributed by atoms with van der Waals surface area (Å²) in [6.07, 6.45) is 9.54. The predicted molar refractivity (Wildman–Crippen MR) is 73.4 cm³/mol. The fourth-order valence-corrected chi connectivity index (χ4v) is 3.63. The minimum absolute atomic E-state index is 0.217. The summed E-state index contributed by atoms with van der Waals surface area (Å²) < 4.78 is 17.7. The van der Waals surface area contributed by atoms with Crippen LogP contribution in [0, 0.1) is 0 Å². The average Bonchev–Trinajstić information content (AvgIpc) is 2.84. The fraction of sp³-hybridized carbons (Fsp3) is 1.00. The summed E-state index contributed by atoms with van der Waals surface area (Å²) in [5.41, 5.74) is 0.217. The van der Waals surface area contributed by atoms with Gasteiger partial charge in [-0.2, -0.15) is 0 Å². The number of nitrogens with one attached hydrogen (secondary N) is 1. The van der Waals surface area contributed by atoms with Crippen LogP contribution in [-0.4, -0.2) is 50.7 Å². The van der Waals surface area contributed by atoms with Gasteiger partial charge in [0, 0.05) is 13.1 Å². The molecule has 1 saturated carbocycles. The zero-order valence-corrected chi connectivity index (χ0v) is 11.9. The van der Waals surface area contributed by atoms with E-state index in [4.69, 9.17) is 14.2 Å². The Kier molecular flexibility index (Phi) is 4.74. The Bertz CT molecular complexity index is 273. The summed E-state index contributed by atoms with van der Waals surface area (Å²) in [7, 11) is 0. The third-order valence-corrected chi connectivity index (χ3v) is 4.72. The number of rotatable bonds is 4. The number of hydrogen-bond acceptors (Lipinski definition) is 4. The van der Waals surface area contributed by atoms with Crippen LogP contribution in [-0.2, 0) is 14.2 Å². The molecule has 0 aromatic carbocycles. The van der Waals surface area contributed by atoms with Gasteiger partial charge in [0.15, 0.2) is 0 Å². The summed E-state index contributed by atoms with van der Waals surface area (Å²) >= 11 is 0. The van der Waals surface area contributed by atoms with Crippen LogP contribution >= 0.6 is 0 Å². The lowest BCUT2D eigenvalue weighted by atomic mass is 9.83. The van der Waals surface area contributed by atoms with Crippen LogP contribution in [0.4, 0.5) is 0 Å². The van der Waals surface area contributed by atoms with Gasteiger partial charge in [0.2, 0.25) is 0 Å².